The van der Waals surface area contributed by atoms with Crippen LogP contribution in [0.15, 0.2) is 47.7 Å². The predicted octanol–water partition coefficient (Wildman–Crippen LogP) is 1.83. The van der Waals surface area contributed by atoms with Crippen LogP contribution in [0.3, 0.4) is 0 Å². The Bertz CT molecular complexity index is 1060. The molecule has 1 fully saturated rings. The molecule has 1 saturated heterocycles. The molecule has 1 aliphatic rings. The van der Waals surface area contributed by atoms with E-state index in [0.29, 0.717) is 48.5 Å². The zero-order chi connectivity index (χ0) is 21.1. The molecule has 0 N–H and O–H groups in total. The van der Waals surface area contributed by atoms with Crippen LogP contribution in [-0.2, 0) is 11.8 Å². The number of rotatable bonds is 5. The van der Waals surface area contributed by atoms with E-state index in [2.05, 4.69) is 9.97 Å². The van der Waals surface area contributed by atoms with Gasteiger partial charge in [-0.3, -0.25) is 9.36 Å². The van der Waals surface area contributed by atoms with Gasteiger partial charge in [-0.05, 0) is 18.2 Å². The summed E-state index contributed by atoms with van der Waals surface area (Å²) in [6.07, 6.45) is 2.76. The minimum atomic E-state index is -0.301. The lowest BCUT2D eigenvalue weighted by Gasteiger charge is -2.35. The van der Waals surface area contributed by atoms with Crippen molar-refractivity contribution >= 4 is 5.95 Å². The third-order valence-corrected chi connectivity index (χ3v) is 5.09. The smallest absolute Gasteiger partial charge is 0.255 e. The van der Waals surface area contributed by atoms with Gasteiger partial charge >= 0.3 is 0 Å². The van der Waals surface area contributed by atoms with E-state index in [0.717, 1.165) is 5.56 Å². The van der Waals surface area contributed by atoms with Gasteiger partial charge in [0.15, 0.2) is 0 Å². The first-order chi connectivity index (χ1) is 14.6. The highest BCUT2D eigenvalue weighted by Crippen LogP contribution is 2.38. The molecule has 30 heavy (non-hydrogen) atoms. The summed E-state index contributed by atoms with van der Waals surface area (Å²) in [6, 6.07) is 8.84. The van der Waals surface area contributed by atoms with Crippen molar-refractivity contribution < 1.29 is 14.2 Å². The Balaban J connectivity index is 1.71. The summed E-state index contributed by atoms with van der Waals surface area (Å²) in [7, 11) is 4.95. The summed E-state index contributed by atoms with van der Waals surface area (Å²) in [5, 5.41) is 0. The number of methoxy groups -OCH3 is 2. The van der Waals surface area contributed by atoms with Gasteiger partial charge in [0.05, 0.1) is 44.3 Å². The van der Waals surface area contributed by atoms with Crippen LogP contribution < -0.4 is 19.9 Å². The number of ether oxygens (including phenoxy) is 3. The summed E-state index contributed by atoms with van der Waals surface area (Å²) in [6.45, 7) is 1.56. The maximum absolute atomic E-state index is 12.6. The van der Waals surface area contributed by atoms with Gasteiger partial charge in [0.2, 0.25) is 5.95 Å². The normalized spacial score (nSPS) is 16.4. The fourth-order valence-corrected chi connectivity index (χ4v) is 3.59. The number of nitrogens with zero attached hydrogens (tertiary/aromatic N) is 5. The van der Waals surface area contributed by atoms with Gasteiger partial charge in [-0.2, -0.15) is 0 Å². The molecule has 0 aliphatic carbocycles. The number of hydrogen-bond acceptors (Lipinski definition) is 8. The zero-order valence-corrected chi connectivity index (χ0v) is 17.1. The third-order valence-electron chi connectivity index (χ3n) is 5.09. The lowest BCUT2D eigenvalue weighted by molar-refractivity contribution is 0.0358. The van der Waals surface area contributed by atoms with Gasteiger partial charge < -0.3 is 19.1 Å². The van der Waals surface area contributed by atoms with Crippen molar-refractivity contribution in [3.8, 4) is 22.9 Å². The third kappa shape index (κ3) is 3.71. The first-order valence-electron chi connectivity index (χ1n) is 9.54. The fraction of sp³-hybridized carbons (Fsp3) is 0.333. The summed E-state index contributed by atoms with van der Waals surface area (Å²) >= 11 is 0. The van der Waals surface area contributed by atoms with Crippen molar-refractivity contribution in [3.05, 3.63) is 58.8 Å². The Morgan fingerprint density at radius 2 is 1.90 bits per heavy atom. The molecule has 0 saturated carbocycles. The Morgan fingerprint density at radius 1 is 1.13 bits per heavy atom. The van der Waals surface area contributed by atoms with E-state index in [-0.39, 0.29) is 11.7 Å². The quantitative estimate of drug-likeness (QED) is 0.630. The molecule has 0 radical (unpaired) electrons. The lowest BCUT2D eigenvalue weighted by atomic mass is 10.0. The second-order valence-electron chi connectivity index (χ2n) is 6.81. The highest BCUT2D eigenvalue weighted by Gasteiger charge is 2.29. The lowest BCUT2D eigenvalue weighted by Crippen LogP contribution is -2.42. The Labute approximate surface area is 173 Å². The van der Waals surface area contributed by atoms with Crippen LogP contribution in [0.4, 0.5) is 5.95 Å². The maximum Gasteiger partial charge on any atom is 0.255 e. The van der Waals surface area contributed by atoms with Gasteiger partial charge in [0.25, 0.3) is 5.56 Å². The number of hydrogen-bond donors (Lipinski definition) is 0. The standard InChI is InChI=1S/C21H23N5O4/c1-25-19(27)11-15(14-7-8-22-13-23-14)24-21(25)26-9-10-30-18(12-26)20-16(28-2)5-4-6-17(20)29-3/h4-8,11,13,18H,9-10,12H2,1-3H3/t18-/m0/s1. The van der Waals surface area contributed by atoms with Crippen molar-refractivity contribution in [1.29, 1.82) is 0 Å². The molecular weight excluding hydrogens is 386 g/mol. The molecule has 9 heteroatoms. The first kappa shape index (κ1) is 19.8. The zero-order valence-electron chi connectivity index (χ0n) is 17.1. The Kier molecular flexibility index (Phi) is 5.62. The molecule has 156 valence electrons. The van der Waals surface area contributed by atoms with Crippen molar-refractivity contribution in [2.75, 3.05) is 38.8 Å². The summed E-state index contributed by atoms with van der Waals surface area (Å²) in [5.41, 5.74) is 1.78. The molecule has 0 amide bonds. The molecule has 3 aromatic rings. The Morgan fingerprint density at radius 3 is 2.57 bits per heavy atom. The van der Waals surface area contributed by atoms with Gasteiger partial charge in [-0.25, -0.2) is 15.0 Å². The van der Waals surface area contributed by atoms with Crippen LogP contribution in [0.25, 0.3) is 11.4 Å². The number of benzene rings is 1. The van der Waals surface area contributed by atoms with Crippen LogP contribution in [0, 0.1) is 0 Å². The van der Waals surface area contributed by atoms with Crippen LogP contribution in [0.2, 0.25) is 0 Å². The van der Waals surface area contributed by atoms with E-state index in [1.807, 2.05) is 23.1 Å². The molecule has 2 aromatic heterocycles. The molecule has 0 spiro atoms. The van der Waals surface area contributed by atoms with Gasteiger partial charge in [0, 0.05) is 25.9 Å². The molecule has 1 aliphatic heterocycles. The van der Waals surface area contributed by atoms with Crippen molar-refractivity contribution in [2.45, 2.75) is 6.10 Å². The molecule has 1 atom stereocenters. The highest BCUT2D eigenvalue weighted by molar-refractivity contribution is 5.55. The van der Waals surface area contributed by atoms with Crippen molar-refractivity contribution in [1.82, 2.24) is 19.5 Å². The molecule has 0 bridgehead atoms. The van der Waals surface area contributed by atoms with E-state index in [1.165, 1.54) is 17.0 Å². The van der Waals surface area contributed by atoms with E-state index >= 15 is 0 Å². The van der Waals surface area contributed by atoms with E-state index in [9.17, 15) is 4.79 Å². The van der Waals surface area contributed by atoms with Crippen molar-refractivity contribution in [3.63, 3.8) is 0 Å². The SMILES string of the molecule is COc1cccc(OC)c1[C@@H]1CN(c2nc(-c3ccncn3)cc(=O)n2C)CCO1. The van der Waals surface area contributed by atoms with Crippen LogP contribution in [0.5, 0.6) is 11.5 Å². The van der Waals surface area contributed by atoms with E-state index in [1.54, 1.807) is 33.5 Å². The number of aromatic nitrogens is 4. The van der Waals surface area contributed by atoms with E-state index in [4.69, 9.17) is 19.2 Å². The average Bonchev–Trinajstić information content (AvgIpc) is 2.80. The summed E-state index contributed by atoms with van der Waals surface area (Å²) < 4.78 is 18.7. The fourth-order valence-electron chi connectivity index (χ4n) is 3.59. The second-order valence-corrected chi connectivity index (χ2v) is 6.81. The molecular formula is C21H23N5O4. The number of anilines is 1. The van der Waals surface area contributed by atoms with Gasteiger partial charge in [0.1, 0.15) is 23.9 Å². The monoisotopic (exact) mass is 409 g/mol. The van der Waals surface area contributed by atoms with Crippen LogP contribution >= 0.6 is 0 Å². The first-order valence-corrected chi connectivity index (χ1v) is 9.54. The average molecular weight is 409 g/mol. The highest BCUT2D eigenvalue weighted by atomic mass is 16.5. The Hall–Kier alpha value is -3.46. The maximum atomic E-state index is 12.6. The molecule has 3 heterocycles. The predicted molar refractivity (Wildman–Crippen MR) is 111 cm³/mol. The summed E-state index contributed by atoms with van der Waals surface area (Å²) in [4.78, 5) is 27.5. The van der Waals surface area contributed by atoms with Crippen LogP contribution in [-0.4, -0.2) is 53.4 Å². The largest absolute Gasteiger partial charge is 0.496 e. The second kappa shape index (κ2) is 8.50. The van der Waals surface area contributed by atoms with Crippen molar-refractivity contribution in [2.24, 2.45) is 7.05 Å². The minimum Gasteiger partial charge on any atom is -0.496 e. The van der Waals surface area contributed by atoms with E-state index < -0.39 is 0 Å². The van der Waals surface area contributed by atoms with Crippen LogP contribution in [0.1, 0.15) is 11.7 Å². The molecule has 1 aromatic carbocycles. The summed E-state index contributed by atoms with van der Waals surface area (Å²) in [5.74, 6) is 1.94. The molecule has 4 rings (SSSR count). The van der Waals surface area contributed by atoms with Gasteiger partial charge in [-0.15, -0.1) is 0 Å². The van der Waals surface area contributed by atoms with Gasteiger partial charge in [-0.1, -0.05) is 6.07 Å². The molecule has 0 unspecified atom stereocenters. The number of morpholine rings is 1. The topological polar surface area (TPSA) is 91.6 Å². The molecule has 9 nitrogen and oxygen atoms in total. The minimum absolute atomic E-state index is 0.161.